The van der Waals surface area contributed by atoms with Crippen molar-refractivity contribution in [2.75, 3.05) is 25.4 Å². The van der Waals surface area contributed by atoms with E-state index in [0.717, 1.165) is 38.8 Å². The van der Waals surface area contributed by atoms with E-state index in [9.17, 15) is 13.2 Å². The fraction of sp³-hybridized carbons (Fsp3) is 0.950. The summed E-state index contributed by atoms with van der Waals surface area (Å²) >= 11 is 0. The third kappa shape index (κ3) is 7.35. The zero-order valence-electron chi connectivity index (χ0n) is 17.8. The smallest absolute Gasteiger partial charge is 0.236 e. The molecule has 0 aromatic rings. The predicted octanol–water partition coefficient (Wildman–Crippen LogP) is 2.36. The van der Waals surface area contributed by atoms with Gasteiger partial charge < -0.3 is 5.32 Å². The third-order valence-electron chi connectivity index (χ3n) is 6.13. The van der Waals surface area contributed by atoms with E-state index in [4.69, 9.17) is 0 Å². The molecular formula is C20H39N3O3S. The normalized spacial score (nSPS) is 30.9. The van der Waals surface area contributed by atoms with Crippen LogP contribution in [0.3, 0.4) is 0 Å². The van der Waals surface area contributed by atoms with Gasteiger partial charge in [0.1, 0.15) is 5.75 Å². The number of amides is 1. The van der Waals surface area contributed by atoms with Crippen LogP contribution in [0.25, 0.3) is 0 Å². The number of nitrogens with one attached hydrogen (secondary N) is 2. The molecule has 1 saturated carbocycles. The zero-order chi connectivity index (χ0) is 20.2. The number of sulfonamides is 1. The van der Waals surface area contributed by atoms with Crippen LogP contribution in [0.4, 0.5) is 0 Å². The van der Waals surface area contributed by atoms with Crippen molar-refractivity contribution in [2.24, 2.45) is 17.8 Å². The van der Waals surface area contributed by atoms with Crippen molar-refractivity contribution in [3.63, 3.8) is 0 Å². The fourth-order valence-electron chi connectivity index (χ4n) is 4.48. The van der Waals surface area contributed by atoms with Gasteiger partial charge in [-0.15, -0.1) is 0 Å². The minimum atomic E-state index is -3.58. The van der Waals surface area contributed by atoms with Gasteiger partial charge in [-0.25, -0.2) is 13.1 Å². The second-order valence-electron chi connectivity index (χ2n) is 9.77. The lowest BCUT2D eigenvalue weighted by Crippen LogP contribution is -2.56. The van der Waals surface area contributed by atoms with Crippen LogP contribution in [0.15, 0.2) is 0 Å². The van der Waals surface area contributed by atoms with Crippen molar-refractivity contribution in [1.82, 2.24) is 14.9 Å². The van der Waals surface area contributed by atoms with Gasteiger partial charge in [-0.05, 0) is 63.7 Å². The van der Waals surface area contributed by atoms with Gasteiger partial charge in [0.15, 0.2) is 0 Å². The second kappa shape index (κ2) is 9.23. The minimum absolute atomic E-state index is 0.0215. The molecule has 7 heteroatoms. The van der Waals surface area contributed by atoms with E-state index >= 15 is 0 Å². The molecule has 2 fully saturated rings. The molecule has 1 aliphatic carbocycles. The van der Waals surface area contributed by atoms with Crippen molar-refractivity contribution in [1.29, 1.82) is 0 Å². The first-order chi connectivity index (χ1) is 12.5. The molecule has 2 atom stereocenters. The minimum Gasteiger partial charge on any atom is -0.353 e. The van der Waals surface area contributed by atoms with Gasteiger partial charge >= 0.3 is 0 Å². The maximum absolute atomic E-state index is 12.3. The number of likely N-dealkylation sites (tertiary alicyclic amines) is 1. The summed E-state index contributed by atoms with van der Waals surface area (Å²) in [5.74, 6) is 1.05. The van der Waals surface area contributed by atoms with Crippen LogP contribution in [-0.4, -0.2) is 56.2 Å². The molecule has 1 heterocycles. The van der Waals surface area contributed by atoms with Gasteiger partial charge in [-0.2, -0.15) is 0 Å². The van der Waals surface area contributed by atoms with E-state index < -0.39 is 21.7 Å². The van der Waals surface area contributed by atoms with Gasteiger partial charge in [0, 0.05) is 31.2 Å². The maximum atomic E-state index is 12.3. The molecule has 6 nitrogen and oxygen atoms in total. The van der Waals surface area contributed by atoms with Gasteiger partial charge in [0.05, 0.1) is 0 Å². The number of rotatable bonds is 7. The summed E-state index contributed by atoms with van der Waals surface area (Å²) in [7, 11) is -3.58. The Kier molecular flexibility index (Phi) is 7.73. The third-order valence-corrected chi connectivity index (χ3v) is 7.46. The molecule has 1 aliphatic heterocycles. The average Bonchev–Trinajstić information content (AvgIpc) is 2.54. The highest BCUT2D eigenvalue weighted by Gasteiger charge is 2.33. The van der Waals surface area contributed by atoms with Crippen LogP contribution in [-0.2, 0) is 14.8 Å². The number of hydrogen-bond donors (Lipinski definition) is 2. The van der Waals surface area contributed by atoms with Crippen molar-refractivity contribution in [3.05, 3.63) is 0 Å². The van der Waals surface area contributed by atoms with Crippen LogP contribution >= 0.6 is 0 Å². The largest absolute Gasteiger partial charge is 0.353 e. The zero-order valence-corrected chi connectivity index (χ0v) is 18.6. The summed E-state index contributed by atoms with van der Waals surface area (Å²) in [6, 6.07) is -0.0215. The molecule has 1 amide bonds. The average molecular weight is 402 g/mol. The lowest BCUT2D eigenvalue weighted by Gasteiger charge is -2.45. The molecule has 0 bridgehead atoms. The van der Waals surface area contributed by atoms with E-state index in [-0.39, 0.29) is 11.6 Å². The Hall–Kier alpha value is -0.660. The summed E-state index contributed by atoms with van der Waals surface area (Å²) < 4.78 is 27.4. The molecule has 0 spiro atoms. The van der Waals surface area contributed by atoms with Crippen molar-refractivity contribution in [3.8, 4) is 0 Å². The molecule has 2 aliphatic rings. The van der Waals surface area contributed by atoms with Crippen LogP contribution in [0, 0.1) is 17.8 Å². The standard InChI is InChI=1S/C20H39N3O3S/c1-15-6-8-18(9-7-15)22-27(25,26)13-19(24)21-14-20(4,5)23-11-16(2)10-17(3)12-23/h15-18,22H,6-14H2,1-5H3,(H,21,24). The first kappa shape index (κ1) is 22.6. The molecule has 2 rings (SSSR count). The molecule has 0 aromatic heterocycles. The van der Waals surface area contributed by atoms with E-state index in [1.54, 1.807) is 0 Å². The predicted molar refractivity (Wildman–Crippen MR) is 110 cm³/mol. The molecular weight excluding hydrogens is 362 g/mol. The highest BCUT2D eigenvalue weighted by atomic mass is 32.2. The van der Waals surface area contributed by atoms with Crippen molar-refractivity contribution in [2.45, 2.75) is 78.3 Å². The van der Waals surface area contributed by atoms with Crippen LogP contribution < -0.4 is 10.0 Å². The Balaban J connectivity index is 1.80. The maximum Gasteiger partial charge on any atom is 0.236 e. The van der Waals surface area contributed by atoms with Crippen LogP contribution in [0.1, 0.15) is 66.7 Å². The Morgan fingerprint density at radius 3 is 2.11 bits per heavy atom. The Morgan fingerprint density at radius 1 is 1.00 bits per heavy atom. The summed E-state index contributed by atoms with van der Waals surface area (Å²) in [4.78, 5) is 14.7. The fourth-order valence-corrected chi connectivity index (χ4v) is 5.76. The van der Waals surface area contributed by atoms with Crippen LogP contribution in [0.5, 0.6) is 0 Å². The first-order valence-corrected chi connectivity index (χ1v) is 12.1. The van der Waals surface area contributed by atoms with Crippen LogP contribution in [0.2, 0.25) is 0 Å². The Labute approximate surface area is 165 Å². The Bertz CT molecular complexity index is 588. The lowest BCUT2D eigenvalue weighted by atomic mass is 9.88. The molecule has 2 unspecified atom stereocenters. The SMILES string of the molecule is CC1CCC(NS(=O)(=O)CC(=O)NCC(C)(C)N2CC(C)CC(C)C2)CC1. The summed E-state index contributed by atoms with van der Waals surface area (Å²) in [5, 5.41) is 2.85. The molecule has 2 N–H and O–H groups in total. The van der Waals surface area contributed by atoms with E-state index in [1.807, 2.05) is 0 Å². The molecule has 0 radical (unpaired) electrons. The number of nitrogens with zero attached hydrogens (tertiary/aromatic N) is 1. The number of carbonyl (C=O) groups excluding carboxylic acids is 1. The summed E-state index contributed by atoms with van der Waals surface area (Å²) in [6.07, 6.45) is 5.05. The van der Waals surface area contributed by atoms with Gasteiger partial charge in [-0.1, -0.05) is 20.8 Å². The highest BCUT2D eigenvalue weighted by molar-refractivity contribution is 7.90. The van der Waals surface area contributed by atoms with Gasteiger partial charge in [0.25, 0.3) is 0 Å². The topological polar surface area (TPSA) is 78.5 Å². The number of carbonyl (C=O) groups is 1. The van der Waals surface area contributed by atoms with E-state index in [2.05, 4.69) is 49.6 Å². The van der Waals surface area contributed by atoms with E-state index in [1.165, 1.54) is 6.42 Å². The van der Waals surface area contributed by atoms with Gasteiger partial charge in [-0.3, -0.25) is 9.69 Å². The first-order valence-electron chi connectivity index (χ1n) is 10.5. The van der Waals surface area contributed by atoms with E-state index in [0.29, 0.717) is 24.3 Å². The molecule has 158 valence electrons. The second-order valence-corrected chi connectivity index (χ2v) is 11.5. The molecule has 0 aromatic carbocycles. The number of piperidine rings is 1. The van der Waals surface area contributed by atoms with Gasteiger partial charge in [0.2, 0.25) is 15.9 Å². The molecule has 27 heavy (non-hydrogen) atoms. The monoisotopic (exact) mass is 401 g/mol. The summed E-state index contributed by atoms with van der Waals surface area (Å²) in [6.45, 7) is 13.5. The Morgan fingerprint density at radius 2 is 1.56 bits per heavy atom. The lowest BCUT2D eigenvalue weighted by molar-refractivity contribution is -0.119. The quantitative estimate of drug-likeness (QED) is 0.686. The highest BCUT2D eigenvalue weighted by Crippen LogP contribution is 2.27. The van der Waals surface area contributed by atoms with Crippen molar-refractivity contribution >= 4 is 15.9 Å². The summed E-state index contributed by atoms with van der Waals surface area (Å²) in [5.41, 5.74) is -0.185. The van der Waals surface area contributed by atoms with Crippen molar-refractivity contribution < 1.29 is 13.2 Å². The number of hydrogen-bond acceptors (Lipinski definition) is 4. The molecule has 1 saturated heterocycles.